The Kier molecular flexibility index (Phi) is 5.25. The Bertz CT molecular complexity index is 863. The van der Waals surface area contributed by atoms with Crippen LogP contribution in [0.3, 0.4) is 0 Å². The molecule has 1 amide bonds. The number of amides is 1. The van der Waals surface area contributed by atoms with E-state index in [-0.39, 0.29) is 0 Å². The second-order valence-corrected chi connectivity index (χ2v) is 5.59. The highest BCUT2D eigenvalue weighted by atomic mass is 16.9. The average molecular weight is 375 g/mol. The number of carbonyl (C=O) groups excluding carboxylic acids is 1. The molecule has 0 bridgehead atoms. The molecule has 1 aliphatic heterocycles. The molecular formula is C17H17N3O7. The van der Waals surface area contributed by atoms with Crippen molar-refractivity contribution in [2.75, 3.05) is 20.8 Å². The molecule has 3 rings (SSSR count). The molecule has 0 spiro atoms. The Labute approximate surface area is 154 Å². The zero-order valence-corrected chi connectivity index (χ0v) is 14.7. The Morgan fingerprint density at radius 1 is 1.33 bits per heavy atom. The number of rotatable bonds is 7. The molecule has 0 saturated carbocycles. The molecule has 1 unspecified atom stereocenters. The highest BCUT2D eigenvalue weighted by Crippen LogP contribution is 2.35. The lowest BCUT2D eigenvalue weighted by Gasteiger charge is -2.19. The van der Waals surface area contributed by atoms with Gasteiger partial charge in [-0.2, -0.15) is 5.10 Å². The van der Waals surface area contributed by atoms with Gasteiger partial charge in [0.25, 0.3) is 11.0 Å². The second-order valence-electron chi connectivity index (χ2n) is 5.59. The van der Waals surface area contributed by atoms with Crippen LogP contribution in [-0.4, -0.2) is 42.5 Å². The zero-order valence-electron chi connectivity index (χ0n) is 14.7. The summed E-state index contributed by atoms with van der Waals surface area (Å²) in [6.45, 7) is -0.729. The molecule has 1 aliphatic rings. The predicted octanol–water partition coefficient (Wildman–Crippen LogP) is 2.18. The molecule has 0 saturated heterocycles. The number of benzene rings is 1. The fraction of sp³-hybridized carbons (Fsp3) is 0.294. The second kappa shape index (κ2) is 7.77. The maximum absolute atomic E-state index is 12.4. The Morgan fingerprint density at radius 2 is 2.11 bits per heavy atom. The van der Waals surface area contributed by atoms with E-state index >= 15 is 0 Å². The molecule has 27 heavy (non-hydrogen) atoms. The van der Waals surface area contributed by atoms with Crippen LogP contribution < -0.4 is 9.47 Å². The van der Waals surface area contributed by atoms with Crippen molar-refractivity contribution in [1.29, 1.82) is 0 Å². The topological polar surface area (TPSA) is 117 Å². The van der Waals surface area contributed by atoms with Gasteiger partial charge >= 0.3 is 0 Å². The fourth-order valence-corrected chi connectivity index (χ4v) is 2.81. The minimum absolute atomic E-state index is 0.368. The van der Waals surface area contributed by atoms with E-state index in [0.29, 0.717) is 29.4 Å². The Balaban J connectivity index is 1.90. The van der Waals surface area contributed by atoms with E-state index in [9.17, 15) is 14.9 Å². The summed E-state index contributed by atoms with van der Waals surface area (Å²) >= 11 is 0. The first-order valence-corrected chi connectivity index (χ1v) is 7.96. The molecule has 2 heterocycles. The summed E-state index contributed by atoms with van der Waals surface area (Å²) in [5, 5.41) is 14.9. The van der Waals surface area contributed by atoms with Gasteiger partial charge in [0, 0.05) is 12.0 Å². The largest absolute Gasteiger partial charge is 0.493 e. The first-order valence-electron chi connectivity index (χ1n) is 7.96. The third kappa shape index (κ3) is 3.84. The monoisotopic (exact) mass is 375 g/mol. The van der Waals surface area contributed by atoms with Crippen molar-refractivity contribution in [3.8, 4) is 11.5 Å². The Hall–Kier alpha value is -3.56. The van der Waals surface area contributed by atoms with Gasteiger partial charge < -0.3 is 18.7 Å². The fourth-order valence-electron chi connectivity index (χ4n) is 2.81. The van der Waals surface area contributed by atoms with Crippen molar-refractivity contribution in [2.45, 2.75) is 12.5 Å². The summed E-state index contributed by atoms with van der Waals surface area (Å²) in [5.41, 5.74) is 1.33. The number of ether oxygens (including phenoxy) is 2. The number of hydrogen-bond acceptors (Lipinski definition) is 8. The van der Waals surface area contributed by atoms with Gasteiger partial charge in [-0.15, -0.1) is 10.1 Å². The number of carbonyl (C=O) groups is 1. The minimum Gasteiger partial charge on any atom is -0.493 e. The van der Waals surface area contributed by atoms with Crippen LogP contribution in [0.4, 0.5) is 0 Å². The van der Waals surface area contributed by atoms with Crippen molar-refractivity contribution < 1.29 is 28.6 Å². The van der Waals surface area contributed by atoms with E-state index < -0.39 is 23.6 Å². The molecule has 1 aromatic carbocycles. The summed E-state index contributed by atoms with van der Waals surface area (Å²) in [7, 11) is 3.06. The van der Waals surface area contributed by atoms with Crippen LogP contribution in [0.5, 0.6) is 11.5 Å². The van der Waals surface area contributed by atoms with Crippen molar-refractivity contribution in [3.05, 3.63) is 58.0 Å². The van der Waals surface area contributed by atoms with Crippen LogP contribution in [0, 0.1) is 10.1 Å². The Morgan fingerprint density at radius 3 is 2.74 bits per heavy atom. The summed E-state index contributed by atoms with van der Waals surface area (Å²) < 4.78 is 15.9. The third-order valence-corrected chi connectivity index (χ3v) is 4.05. The van der Waals surface area contributed by atoms with Crippen LogP contribution in [0.15, 0.2) is 46.1 Å². The van der Waals surface area contributed by atoms with E-state index in [0.717, 1.165) is 10.6 Å². The quantitative estimate of drug-likeness (QED) is 0.538. The minimum atomic E-state index is -1.02. The molecule has 1 aromatic heterocycles. The van der Waals surface area contributed by atoms with Gasteiger partial charge in [0.2, 0.25) is 0 Å². The van der Waals surface area contributed by atoms with E-state index in [1.807, 2.05) is 0 Å². The number of nitrogens with zero attached hydrogens (tertiary/aromatic N) is 3. The normalized spacial score (nSPS) is 16.0. The molecule has 0 N–H and O–H groups in total. The van der Waals surface area contributed by atoms with E-state index in [1.54, 1.807) is 30.3 Å². The molecule has 2 aromatic rings. The lowest BCUT2D eigenvalue weighted by molar-refractivity contribution is -0.754. The number of furan rings is 1. The van der Waals surface area contributed by atoms with Crippen LogP contribution in [-0.2, 0) is 9.63 Å². The number of hydrogen-bond donors (Lipinski definition) is 0. The van der Waals surface area contributed by atoms with Crippen LogP contribution in [0.25, 0.3) is 0 Å². The van der Waals surface area contributed by atoms with Gasteiger partial charge in [0.05, 0.1) is 26.2 Å². The molecule has 10 heteroatoms. The first-order chi connectivity index (χ1) is 13.0. The van der Waals surface area contributed by atoms with Gasteiger partial charge in [-0.3, -0.25) is 4.79 Å². The van der Waals surface area contributed by atoms with E-state index in [1.165, 1.54) is 20.5 Å². The number of methoxy groups -OCH3 is 2. The van der Waals surface area contributed by atoms with E-state index in [2.05, 4.69) is 9.94 Å². The average Bonchev–Trinajstić information content (AvgIpc) is 3.34. The maximum atomic E-state index is 12.4. The van der Waals surface area contributed by atoms with Crippen LogP contribution >= 0.6 is 0 Å². The lowest BCUT2D eigenvalue weighted by atomic mass is 10.0. The molecular weight excluding hydrogens is 358 g/mol. The van der Waals surface area contributed by atoms with Crippen molar-refractivity contribution >= 4 is 11.6 Å². The highest BCUT2D eigenvalue weighted by molar-refractivity contribution is 6.03. The van der Waals surface area contributed by atoms with E-state index in [4.69, 9.17) is 13.9 Å². The van der Waals surface area contributed by atoms with Crippen LogP contribution in [0.1, 0.15) is 23.8 Å². The standard InChI is InChI=1S/C17H17N3O7/c1-24-15-6-5-11(8-16(15)25-2)12-9-13(14-4-3-7-26-14)19(18-12)17(21)10-27-20(22)23/h3-8,13H,9-10H2,1-2H3. The summed E-state index contributed by atoms with van der Waals surface area (Å²) in [4.78, 5) is 26.9. The van der Waals surface area contributed by atoms with Gasteiger partial charge in [0.15, 0.2) is 18.1 Å². The summed E-state index contributed by atoms with van der Waals surface area (Å²) in [5.74, 6) is 0.954. The predicted molar refractivity (Wildman–Crippen MR) is 91.9 cm³/mol. The van der Waals surface area contributed by atoms with Crippen LogP contribution in [0.2, 0.25) is 0 Å². The van der Waals surface area contributed by atoms with Crippen molar-refractivity contribution in [3.63, 3.8) is 0 Å². The smallest absolute Gasteiger partial charge is 0.295 e. The molecule has 0 fully saturated rings. The van der Waals surface area contributed by atoms with Gasteiger partial charge in [-0.1, -0.05) is 0 Å². The molecule has 142 valence electrons. The van der Waals surface area contributed by atoms with Crippen molar-refractivity contribution in [1.82, 2.24) is 5.01 Å². The third-order valence-electron chi connectivity index (χ3n) is 4.05. The summed E-state index contributed by atoms with van der Waals surface area (Å²) in [6, 6.07) is 8.16. The maximum Gasteiger partial charge on any atom is 0.295 e. The number of hydrazone groups is 1. The summed E-state index contributed by atoms with van der Waals surface area (Å²) in [6.07, 6.45) is 1.85. The zero-order chi connectivity index (χ0) is 19.4. The molecule has 1 atom stereocenters. The molecule has 0 radical (unpaired) electrons. The highest BCUT2D eigenvalue weighted by Gasteiger charge is 2.35. The van der Waals surface area contributed by atoms with Gasteiger partial charge in [-0.05, 0) is 30.3 Å². The molecule has 10 nitrogen and oxygen atoms in total. The lowest BCUT2D eigenvalue weighted by Crippen LogP contribution is -2.31. The van der Waals surface area contributed by atoms with Crippen molar-refractivity contribution in [2.24, 2.45) is 5.10 Å². The molecule has 0 aliphatic carbocycles. The van der Waals surface area contributed by atoms with Gasteiger partial charge in [-0.25, -0.2) is 5.01 Å². The SMILES string of the molecule is COc1ccc(C2=NN(C(=O)CO[N+](=O)[O-])C(c3ccco3)C2)cc1OC. The van der Waals surface area contributed by atoms with Gasteiger partial charge in [0.1, 0.15) is 11.8 Å². The first kappa shape index (κ1) is 18.2.